The predicted octanol–water partition coefficient (Wildman–Crippen LogP) is 3.93. The van der Waals surface area contributed by atoms with Gasteiger partial charge in [0.1, 0.15) is 5.60 Å². The van der Waals surface area contributed by atoms with Gasteiger partial charge in [-0.2, -0.15) is 0 Å². The van der Waals surface area contributed by atoms with E-state index in [0.717, 1.165) is 38.5 Å². The number of Topliss-reactive ketones (excluding diaryl/α,β-unsaturated/α-hetero) is 1. The van der Waals surface area contributed by atoms with Crippen LogP contribution in [-0.2, 0) is 14.3 Å². The summed E-state index contributed by atoms with van der Waals surface area (Å²) >= 11 is 0. The quantitative estimate of drug-likeness (QED) is 0.746. The molecule has 4 heteroatoms. The number of carbonyl (C=O) groups is 1. The molecule has 0 amide bonds. The van der Waals surface area contributed by atoms with Gasteiger partial charge in [-0.3, -0.25) is 4.79 Å². The highest BCUT2D eigenvalue weighted by Crippen LogP contribution is 2.63. The van der Waals surface area contributed by atoms with Crippen LogP contribution >= 0.6 is 0 Å². The van der Waals surface area contributed by atoms with Gasteiger partial charge in [0.05, 0.1) is 13.2 Å². The van der Waals surface area contributed by atoms with Gasteiger partial charge < -0.3 is 14.6 Å². The van der Waals surface area contributed by atoms with Crippen molar-refractivity contribution in [1.29, 1.82) is 0 Å². The molecule has 1 spiro atoms. The Morgan fingerprint density at radius 2 is 2.00 bits per heavy atom. The maximum absolute atomic E-state index is 12.6. The van der Waals surface area contributed by atoms with Gasteiger partial charge in [0.25, 0.3) is 0 Å². The first-order valence-corrected chi connectivity index (χ1v) is 10.8. The summed E-state index contributed by atoms with van der Waals surface area (Å²) < 4.78 is 11.9. The number of rotatable bonds is 2. The van der Waals surface area contributed by atoms with Crippen LogP contribution < -0.4 is 0 Å². The van der Waals surface area contributed by atoms with Crippen molar-refractivity contribution in [2.45, 2.75) is 76.6 Å². The summed E-state index contributed by atoms with van der Waals surface area (Å²) in [6.07, 6.45) is 11.7. The van der Waals surface area contributed by atoms with Gasteiger partial charge in [-0.15, -0.1) is 0 Å². The Balaban J connectivity index is 1.44. The van der Waals surface area contributed by atoms with E-state index in [1.54, 1.807) is 5.57 Å². The van der Waals surface area contributed by atoms with Crippen LogP contribution in [0.25, 0.3) is 0 Å². The molecule has 3 fully saturated rings. The summed E-state index contributed by atoms with van der Waals surface area (Å²) in [4.78, 5) is 12.6. The van der Waals surface area contributed by atoms with Crippen molar-refractivity contribution >= 4 is 5.78 Å². The lowest BCUT2D eigenvalue weighted by molar-refractivity contribution is -0.171. The molecule has 0 radical (unpaired) electrons. The van der Waals surface area contributed by atoms with E-state index in [9.17, 15) is 9.90 Å². The predicted molar refractivity (Wildman–Crippen MR) is 102 cm³/mol. The fourth-order valence-electron chi connectivity index (χ4n) is 7.09. The highest BCUT2D eigenvalue weighted by Gasteiger charge is 2.63. The van der Waals surface area contributed by atoms with Crippen LogP contribution in [-0.4, -0.2) is 35.5 Å². The number of ketones is 1. The molecule has 0 bridgehead atoms. The smallest absolute Gasteiger partial charge is 0.172 e. The summed E-state index contributed by atoms with van der Waals surface area (Å²) in [5.41, 5.74) is 1.62. The Kier molecular flexibility index (Phi) is 4.03. The van der Waals surface area contributed by atoms with Crippen molar-refractivity contribution in [2.24, 2.45) is 23.2 Å². The normalized spacial score (nSPS) is 44.9. The van der Waals surface area contributed by atoms with Gasteiger partial charge in [0.2, 0.25) is 0 Å². The fraction of sp³-hybridized carbons (Fsp3) is 0.783. The first-order chi connectivity index (χ1) is 12.9. The average molecular weight is 373 g/mol. The van der Waals surface area contributed by atoms with E-state index in [-0.39, 0.29) is 17.0 Å². The van der Waals surface area contributed by atoms with Crippen LogP contribution in [0.5, 0.6) is 0 Å². The molecule has 5 atom stereocenters. The van der Waals surface area contributed by atoms with E-state index in [2.05, 4.69) is 19.1 Å². The molecule has 1 heterocycles. The highest BCUT2D eigenvalue weighted by atomic mass is 16.7. The number of ether oxygens (including phenoxy) is 2. The van der Waals surface area contributed by atoms with E-state index in [4.69, 9.17) is 9.47 Å². The third-order valence-electron chi connectivity index (χ3n) is 8.62. The summed E-state index contributed by atoms with van der Waals surface area (Å²) in [5, 5.41) is 11.3. The van der Waals surface area contributed by atoms with Crippen molar-refractivity contribution in [2.75, 3.05) is 13.2 Å². The maximum Gasteiger partial charge on any atom is 0.172 e. The van der Waals surface area contributed by atoms with Gasteiger partial charge in [-0.05, 0) is 43.9 Å². The molecule has 4 nitrogen and oxygen atoms in total. The zero-order valence-corrected chi connectivity index (χ0v) is 16.6. The molecule has 5 rings (SSSR count). The minimum Gasteiger partial charge on any atom is -0.381 e. The molecular weight excluding hydrogens is 340 g/mol. The van der Waals surface area contributed by atoms with Crippen molar-refractivity contribution in [3.05, 3.63) is 23.3 Å². The lowest BCUT2D eigenvalue weighted by Gasteiger charge is -2.51. The van der Waals surface area contributed by atoms with Crippen LogP contribution in [0.2, 0.25) is 0 Å². The van der Waals surface area contributed by atoms with E-state index in [1.165, 1.54) is 5.57 Å². The first-order valence-electron chi connectivity index (χ1n) is 10.8. The van der Waals surface area contributed by atoms with Crippen LogP contribution in [0.15, 0.2) is 23.3 Å². The van der Waals surface area contributed by atoms with Gasteiger partial charge in [0.15, 0.2) is 11.6 Å². The minimum absolute atomic E-state index is 0.0338. The van der Waals surface area contributed by atoms with Crippen LogP contribution in [0, 0.1) is 23.2 Å². The maximum atomic E-state index is 12.6. The Bertz CT molecular complexity index is 716. The summed E-state index contributed by atoms with van der Waals surface area (Å²) in [7, 11) is 0. The third-order valence-corrected chi connectivity index (χ3v) is 8.62. The zero-order valence-electron chi connectivity index (χ0n) is 16.6. The van der Waals surface area contributed by atoms with Gasteiger partial charge in [0, 0.05) is 30.6 Å². The molecule has 1 aliphatic heterocycles. The second kappa shape index (κ2) is 6.01. The lowest BCUT2D eigenvalue weighted by atomic mass is 9.54. The van der Waals surface area contributed by atoms with Crippen molar-refractivity contribution in [3.63, 3.8) is 0 Å². The standard InChI is InChI=1S/C23H32O4/c1-3-20(24)23(25)11-8-19-18-5-4-15-14-22(26-12-13-27-22)10-7-16(15)17(18)6-9-21(19,23)2/h4,6,16,18-19,25H,3,5,7-14H2,1-2H3/t16-,18+,19-,21-,23-/m0/s1. The second-order valence-corrected chi connectivity index (χ2v) is 9.60. The van der Waals surface area contributed by atoms with E-state index in [1.807, 2.05) is 6.92 Å². The highest BCUT2D eigenvalue weighted by molar-refractivity contribution is 5.88. The van der Waals surface area contributed by atoms with E-state index in [0.29, 0.717) is 43.8 Å². The molecule has 5 aliphatic rings. The summed E-state index contributed by atoms with van der Waals surface area (Å²) in [6.45, 7) is 5.48. The Morgan fingerprint density at radius 3 is 2.74 bits per heavy atom. The average Bonchev–Trinajstić information content (AvgIpc) is 3.23. The second-order valence-electron chi connectivity index (χ2n) is 9.60. The number of fused-ring (bicyclic) bond motifs is 5. The number of hydrogen-bond donors (Lipinski definition) is 1. The van der Waals surface area contributed by atoms with Crippen LogP contribution in [0.1, 0.15) is 65.2 Å². The molecular formula is C23H32O4. The SMILES string of the molecule is CCC(=O)[C@@]1(O)CC[C@H]2[C@@H]3CC=C4CC5(CC[C@@H]4C3=CC[C@@]21C)OCCO5. The van der Waals surface area contributed by atoms with Crippen LogP contribution in [0.4, 0.5) is 0 Å². The number of hydrogen-bond acceptors (Lipinski definition) is 4. The Morgan fingerprint density at radius 1 is 1.22 bits per heavy atom. The zero-order chi connectivity index (χ0) is 18.9. The van der Waals surface area contributed by atoms with Gasteiger partial charge >= 0.3 is 0 Å². The molecule has 2 saturated carbocycles. The third kappa shape index (κ3) is 2.36. The summed E-state index contributed by atoms with van der Waals surface area (Å²) in [5.74, 6) is 1.08. The fourth-order valence-corrected chi connectivity index (χ4v) is 7.09. The van der Waals surface area contributed by atoms with Gasteiger partial charge in [-0.1, -0.05) is 37.1 Å². The Labute approximate surface area is 162 Å². The molecule has 4 aliphatic carbocycles. The first kappa shape index (κ1) is 18.1. The topological polar surface area (TPSA) is 55.8 Å². The molecule has 27 heavy (non-hydrogen) atoms. The molecule has 0 aromatic heterocycles. The van der Waals surface area contributed by atoms with E-state index >= 15 is 0 Å². The molecule has 0 aromatic rings. The van der Waals surface area contributed by atoms with Crippen LogP contribution in [0.3, 0.4) is 0 Å². The van der Waals surface area contributed by atoms with Crippen molar-refractivity contribution in [1.82, 2.24) is 0 Å². The molecule has 1 saturated heterocycles. The van der Waals surface area contributed by atoms with Crippen molar-refractivity contribution in [3.8, 4) is 0 Å². The Hall–Kier alpha value is -0.970. The van der Waals surface area contributed by atoms with E-state index < -0.39 is 5.60 Å². The minimum atomic E-state index is -1.14. The lowest BCUT2D eigenvalue weighted by Crippen LogP contribution is -2.54. The molecule has 0 aromatic carbocycles. The summed E-state index contributed by atoms with van der Waals surface area (Å²) in [6, 6.07) is 0. The number of allylic oxidation sites excluding steroid dienone is 3. The largest absolute Gasteiger partial charge is 0.381 e. The molecule has 0 unspecified atom stereocenters. The van der Waals surface area contributed by atoms with Crippen molar-refractivity contribution < 1.29 is 19.4 Å². The molecule has 1 N–H and O–H groups in total. The number of carbonyl (C=O) groups excluding carboxylic acids is 1. The molecule has 148 valence electrons. The number of aliphatic hydroxyl groups is 1. The van der Waals surface area contributed by atoms with Gasteiger partial charge in [-0.25, -0.2) is 0 Å². The monoisotopic (exact) mass is 372 g/mol.